The first-order valence-corrected chi connectivity index (χ1v) is 7.99. The highest BCUT2D eigenvalue weighted by atomic mass is 16.6. The van der Waals surface area contributed by atoms with E-state index >= 15 is 0 Å². The Morgan fingerprint density at radius 1 is 0.923 bits per heavy atom. The van der Waals surface area contributed by atoms with Gasteiger partial charge in [-0.3, -0.25) is 0 Å². The Labute approximate surface area is 150 Å². The van der Waals surface area contributed by atoms with Gasteiger partial charge in [-0.1, -0.05) is 18.2 Å². The molecule has 0 saturated carbocycles. The van der Waals surface area contributed by atoms with Crippen molar-refractivity contribution >= 4 is 14.0 Å². The third-order valence-electron chi connectivity index (χ3n) is 4.80. The van der Waals surface area contributed by atoms with Crippen LogP contribution in [-0.2, 0) is 10.3 Å². The maximum absolute atomic E-state index is 12.6. The molecule has 0 amide bonds. The van der Waals surface area contributed by atoms with Gasteiger partial charge in [0.15, 0.2) is 5.60 Å². The van der Waals surface area contributed by atoms with E-state index in [4.69, 9.17) is 22.2 Å². The van der Waals surface area contributed by atoms with Gasteiger partial charge in [0.1, 0.15) is 23.0 Å². The van der Waals surface area contributed by atoms with Crippen LogP contribution < -0.4 is 9.39 Å². The minimum atomic E-state index is -1.16. The molecule has 0 aliphatic carbocycles. The number of hydrogen-bond donors (Lipinski definition) is 1. The predicted molar refractivity (Wildman–Crippen MR) is 92.7 cm³/mol. The van der Waals surface area contributed by atoms with Gasteiger partial charge in [-0.25, -0.2) is 4.79 Å². The summed E-state index contributed by atoms with van der Waals surface area (Å²) in [5, 5.41) is 9.88. The van der Waals surface area contributed by atoms with Crippen LogP contribution >= 0.6 is 0 Å². The Kier molecular flexibility index (Phi) is 2.89. The fourth-order valence-electron chi connectivity index (χ4n) is 3.72. The largest absolute Gasteiger partial charge is 0.568 e. The van der Waals surface area contributed by atoms with Gasteiger partial charge in [0, 0.05) is 28.8 Å². The van der Waals surface area contributed by atoms with Crippen molar-refractivity contribution < 1.29 is 24.0 Å². The molecule has 6 heteroatoms. The van der Waals surface area contributed by atoms with Gasteiger partial charge >= 0.3 is 14.0 Å². The van der Waals surface area contributed by atoms with Gasteiger partial charge in [-0.15, -0.1) is 0 Å². The number of phenols is 1. The Morgan fingerprint density at radius 3 is 2.46 bits per heavy atom. The van der Waals surface area contributed by atoms with Crippen LogP contribution in [0.1, 0.15) is 27.0 Å². The Morgan fingerprint density at radius 2 is 1.65 bits per heavy atom. The van der Waals surface area contributed by atoms with Crippen LogP contribution in [0.3, 0.4) is 0 Å². The van der Waals surface area contributed by atoms with Gasteiger partial charge < -0.3 is 19.2 Å². The van der Waals surface area contributed by atoms with E-state index in [1.54, 1.807) is 42.5 Å². The fourth-order valence-corrected chi connectivity index (χ4v) is 3.72. The first kappa shape index (κ1) is 14.9. The van der Waals surface area contributed by atoms with Crippen LogP contribution in [0, 0.1) is 0 Å². The van der Waals surface area contributed by atoms with E-state index in [0.717, 1.165) is 5.56 Å². The molecule has 0 saturated heterocycles. The summed E-state index contributed by atoms with van der Waals surface area (Å²) in [5.41, 5.74) is 1.37. The zero-order valence-electron chi connectivity index (χ0n) is 13.4. The summed E-state index contributed by atoms with van der Waals surface area (Å²) >= 11 is 0. The molecule has 0 bridgehead atoms. The minimum absolute atomic E-state index is 0.0474. The molecule has 5 rings (SSSR count). The van der Waals surface area contributed by atoms with E-state index in [9.17, 15) is 9.90 Å². The molecule has 1 unspecified atom stereocenters. The SMILES string of the molecule is [B]Oc1ccc2c(c1)Oc1cc(O)ccc1C21OC(=O)c2ccccc21. The number of phenolic OH excluding ortho intramolecular Hbond substituents is 1. The lowest BCUT2D eigenvalue weighted by atomic mass is 9.77. The Bertz CT molecular complexity index is 1080. The Hall–Kier alpha value is -3.41. The molecule has 2 radical (unpaired) electrons. The van der Waals surface area contributed by atoms with Crippen molar-refractivity contribution in [2.45, 2.75) is 5.60 Å². The van der Waals surface area contributed by atoms with E-state index < -0.39 is 11.6 Å². The molecule has 124 valence electrons. The molecule has 2 aliphatic rings. The van der Waals surface area contributed by atoms with Crippen molar-refractivity contribution in [1.29, 1.82) is 0 Å². The summed E-state index contributed by atoms with van der Waals surface area (Å²) in [6.07, 6.45) is 0. The zero-order chi connectivity index (χ0) is 17.9. The summed E-state index contributed by atoms with van der Waals surface area (Å²) in [5.74, 6) is 0.879. The number of aromatic hydroxyl groups is 1. The summed E-state index contributed by atoms with van der Waals surface area (Å²) in [6.45, 7) is 0. The summed E-state index contributed by atoms with van der Waals surface area (Å²) in [7, 11) is 5.26. The molecule has 2 heterocycles. The van der Waals surface area contributed by atoms with E-state index in [0.29, 0.717) is 33.9 Å². The number of carbonyl (C=O) groups excluding carboxylic acids is 1. The number of hydrogen-bond acceptors (Lipinski definition) is 5. The molecule has 3 aromatic rings. The van der Waals surface area contributed by atoms with Crippen molar-refractivity contribution in [2.24, 2.45) is 0 Å². The molecule has 1 atom stereocenters. The maximum atomic E-state index is 12.6. The van der Waals surface area contributed by atoms with E-state index in [-0.39, 0.29) is 5.75 Å². The summed E-state index contributed by atoms with van der Waals surface area (Å²) in [6, 6.07) is 17.1. The quantitative estimate of drug-likeness (QED) is 0.542. The molecular weight excluding hydrogens is 331 g/mol. The second-order valence-corrected chi connectivity index (χ2v) is 6.17. The van der Waals surface area contributed by atoms with Crippen molar-refractivity contribution in [3.8, 4) is 23.0 Å². The van der Waals surface area contributed by atoms with Gasteiger partial charge in [-0.2, -0.15) is 0 Å². The highest BCUT2D eigenvalue weighted by molar-refractivity contribution is 6.00. The average Bonchev–Trinajstić information content (AvgIpc) is 2.95. The second-order valence-electron chi connectivity index (χ2n) is 6.17. The third-order valence-corrected chi connectivity index (χ3v) is 4.80. The van der Waals surface area contributed by atoms with Crippen LogP contribution in [0.2, 0.25) is 0 Å². The minimum Gasteiger partial charge on any atom is -0.568 e. The lowest BCUT2D eigenvalue weighted by Crippen LogP contribution is -2.32. The van der Waals surface area contributed by atoms with Crippen molar-refractivity contribution in [2.75, 3.05) is 0 Å². The van der Waals surface area contributed by atoms with Crippen molar-refractivity contribution in [3.63, 3.8) is 0 Å². The number of ether oxygens (including phenoxy) is 2. The number of esters is 1. The van der Waals surface area contributed by atoms with E-state index in [1.165, 1.54) is 6.07 Å². The fraction of sp³-hybridized carbons (Fsp3) is 0.0500. The molecule has 0 aromatic heterocycles. The van der Waals surface area contributed by atoms with E-state index in [2.05, 4.69) is 0 Å². The van der Waals surface area contributed by atoms with Crippen molar-refractivity contribution in [1.82, 2.24) is 0 Å². The maximum Gasteiger partial charge on any atom is 0.374 e. The van der Waals surface area contributed by atoms with Crippen LogP contribution in [0.15, 0.2) is 60.7 Å². The normalized spacial score (nSPS) is 19.2. The topological polar surface area (TPSA) is 65.0 Å². The number of benzene rings is 3. The van der Waals surface area contributed by atoms with Crippen LogP contribution in [0.4, 0.5) is 0 Å². The van der Waals surface area contributed by atoms with Gasteiger partial charge in [0.2, 0.25) is 0 Å². The van der Waals surface area contributed by atoms with Gasteiger partial charge in [0.25, 0.3) is 0 Å². The van der Waals surface area contributed by atoms with E-state index in [1.807, 2.05) is 12.1 Å². The highest BCUT2D eigenvalue weighted by Gasteiger charge is 2.53. The standard InChI is InChI=1S/C20H11BO5/c21-26-12-6-8-16-18(10-12)24-17-9-11(22)5-7-15(17)20(16)14-4-2-1-3-13(14)19(23)25-20/h1-10,22H. The second kappa shape index (κ2) is 5.05. The first-order valence-electron chi connectivity index (χ1n) is 7.99. The molecule has 1 spiro atoms. The first-order chi connectivity index (χ1) is 12.6. The van der Waals surface area contributed by atoms with Gasteiger partial charge in [-0.05, 0) is 30.3 Å². The Balaban J connectivity index is 1.88. The molecule has 26 heavy (non-hydrogen) atoms. The van der Waals surface area contributed by atoms with Crippen LogP contribution in [-0.4, -0.2) is 19.1 Å². The number of rotatable bonds is 1. The number of fused-ring (bicyclic) bond motifs is 6. The molecule has 1 N–H and O–H groups in total. The smallest absolute Gasteiger partial charge is 0.374 e. The summed E-state index contributed by atoms with van der Waals surface area (Å²) in [4.78, 5) is 12.6. The monoisotopic (exact) mass is 342 g/mol. The van der Waals surface area contributed by atoms with Crippen LogP contribution in [0.25, 0.3) is 0 Å². The molecule has 5 nitrogen and oxygen atoms in total. The molecular formula is C20H11BO5. The predicted octanol–water partition coefficient (Wildman–Crippen LogP) is 3.42. The highest BCUT2D eigenvalue weighted by Crippen LogP contribution is 2.56. The lowest BCUT2D eigenvalue weighted by Gasteiger charge is -2.36. The zero-order valence-corrected chi connectivity index (χ0v) is 13.4. The molecule has 3 aromatic carbocycles. The van der Waals surface area contributed by atoms with Gasteiger partial charge in [0.05, 0.1) is 5.56 Å². The number of carbonyl (C=O) groups is 1. The van der Waals surface area contributed by atoms with Crippen LogP contribution in [0.5, 0.6) is 23.0 Å². The van der Waals surface area contributed by atoms with Crippen molar-refractivity contribution in [3.05, 3.63) is 82.9 Å². The third kappa shape index (κ3) is 1.78. The summed E-state index contributed by atoms with van der Waals surface area (Å²) < 4.78 is 16.7. The molecule has 2 aliphatic heterocycles. The molecule has 0 fully saturated rings. The lowest BCUT2D eigenvalue weighted by molar-refractivity contribution is 0.0224. The average molecular weight is 342 g/mol.